The fourth-order valence-corrected chi connectivity index (χ4v) is 3.50. The molecular formula is C21H18N2O5S. The monoisotopic (exact) mass is 410 g/mol. The molecular weight excluding hydrogens is 392 g/mol. The Hall–Kier alpha value is -3.39. The van der Waals surface area contributed by atoms with Crippen molar-refractivity contribution in [2.45, 2.75) is 13.3 Å². The molecule has 0 radical (unpaired) electrons. The lowest BCUT2D eigenvalue weighted by Gasteiger charge is -2.06. The summed E-state index contributed by atoms with van der Waals surface area (Å²) >= 11 is 1.33. The number of amides is 1. The van der Waals surface area contributed by atoms with E-state index in [9.17, 15) is 9.59 Å². The van der Waals surface area contributed by atoms with Gasteiger partial charge in [0, 0.05) is 22.9 Å². The van der Waals surface area contributed by atoms with E-state index >= 15 is 0 Å². The maximum Gasteiger partial charge on any atom is 0.264 e. The zero-order chi connectivity index (χ0) is 20.2. The average Bonchev–Trinajstić information content (AvgIpc) is 3.41. The number of hydrogen-bond acceptors (Lipinski definition) is 7. The zero-order valence-corrected chi connectivity index (χ0v) is 16.5. The Morgan fingerprint density at radius 1 is 1.14 bits per heavy atom. The largest absolute Gasteiger partial charge is 0.484 e. The highest BCUT2D eigenvalue weighted by Gasteiger charge is 2.15. The number of benzene rings is 2. The van der Waals surface area contributed by atoms with Crippen LogP contribution in [-0.4, -0.2) is 30.1 Å². The van der Waals surface area contributed by atoms with E-state index in [0.29, 0.717) is 34.4 Å². The summed E-state index contributed by atoms with van der Waals surface area (Å²) in [7, 11) is 0. The number of rotatable bonds is 7. The van der Waals surface area contributed by atoms with Crippen LogP contribution in [-0.2, 0) is 4.79 Å². The van der Waals surface area contributed by atoms with Gasteiger partial charge in [-0.05, 0) is 42.5 Å². The minimum absolute atomic E-state index is 0.0660. The van der Waals surface area contributed by atoms with Crippen molar-refractivity contribution in [2.75, 3.05) is 18.7 Å². The molecule has 0 aliphatic carbocycles. The SMILES string of the molecule is CCC(=O)c1ccc(OCC(=O)Nc2nc(-c3ccc4c(c3)OCO4)cs2)cc1. The first kappa shape index (κ1) is 18.9. The summed E-state index contributed by atoms with van der Waals surface area (Å²) in [5.74, 6) is 1.66. The molecule has 7 nitrogen and oxygen atoms in total. The first-order valence-corrected chi connectivity index (χ1v) is 9.92. The van der Waals surface area contributed by atoms with Gasteiger partial charge in [0.1, 0.15) is 5.75 Å². The highest BCUT2D eigenvalue weighted by Crippen LogP contribution is 2.36. The highest BCUT2D eigenvalue weighted by molar-refractivity contribution is 7.14. The number of thiazole rings is 1. The molecule has 0 saturated carbocycles. The van der Waals surface area contributed by atoms with Gasteiger partial charge >= 0.3 is 0 Å². The summed E-state index contributed by atoms with van der Waals surface area (Å²) in [5, 5.41) is 5.07. The van der Waals surface area contributed by atoms with Gasteiger partial charge in [-0.3, -0.25) is 14.9 Å². The predicted octanol–water partition coefficient (Wildman–Crippen LogP) is 4.15. The number of hydrogen-bond donors (Lipinski definition) is 1. The Labute approximate surface area is 171 Å². The van der Waals surface area contributed by atoms with Crippen LogP contribution in [0, 0.1) is 0 Å². The van der Waals surface area contributed by atoms with Gasteiger partial charge in [-0.25, -0.2) is 4.98 Å². The molecule has 0 atom stereocenters. The average molecular weight is 410 g/mol. The Morgan fingerprint density at radius 3 is 2.72 bits per heavy atom. The molecule has 1 aliphatic heterocycles. The van der Waals surface area contributed by atoms with Crippen molar-refractivity contribution >= 4 is 28.2 Å². The fraction of sp³-hybridized carbons (Fsp3) is 0.190. The van der Waals surface area contributed by atoms with Crippen molar-refractivity contribution in [3.63, 3.8) is 0 Å². The van der Waals surface area contributed by atoms with E-state index in [0.717, 1.165) is 11.3 Å². The van der Waals surface area contributed by atoms with Crippen LogP contribution in [0.25, 0.3) is 11.3 Å². The number of nitrogens with one attached hydrogen (secondary N) is 1. The second-order valence-corrected chi connectivity index (χ2v) is 7.10. The molecule has 4 rings (SSSR count). The minimum atomic E-state index is -0.315. The lowest BCUT2D eigenvalue weighted by Crippen LogP contribution is -2.20. The summed E-state index contributed by atoms with van der Waals surface area (Å²) < 4.78 is 16.2. The molecule has 0 bridgehead atoms. The van der Waals surface area contributed by atoms with Crippen molar-refractivity contribution in [3.8, 4) is 28.5 Å². The van der Waals surface area contributed by atoms with Crippen LogP contribution in [0.15, 0.2) is 47.8 Å². The second-order valence-electron chi connectivity index (χ2n) is 6.24. The van der Waals surface area contributed by atoms with Crippen LogP contribution in [0.3, 0.4) is 0 Å². The maximum atomic E-state index is 12.1. The summed E-state index contributed by atoms with van der Waals surface area (Å²) in [6.45, 7) is 1.88. The third-order valence-corrected chi connectivity index (χ3v) is 5.04. The Kier molecular flexibility index (Phi) is 5.44. The predicted molar refractivity (Wildman–Crippen MR) is 109 cm³/mol. The van der Waals surface area contributed by atoms with E-state index in [1.54, 1.807) is 24.3 Å². The second kappa shape index (κ2) is 8.32. The lowest BCUT2D eigenvalue weighted by atomic mass is 10.1. The van der Waals surface area contributed by atoms with Crippen LogP contribution < -0.4 is 19.5 Å². The smallest absolute Gasteiger partial charge is 0.264 e. The number of ether oxygens (including phenoxy) is 3. The Bertz CT molecular complexity index is 1050. The topological polar surface area (TPSA) is 86.8 Å². The number of carbonyl (C=O) groups is 2. The molecule has 2 heterocycles. The van der Waals surface area contributed by atoms with E-state index in [1.807, 2.05) is 30.5 Å². The van der Waals surface area contributed by atoms with Gasteiger partial charge in [-0.15, -0.1) is 11.3 Å². The third-order valence-electron chi connectivity index (χ3n) is 4.29. The summed E-state index contributed by atoms with van der Waals surface area (Å²) in [6.07, 6.45) is 0.449. The summed E-state index contributed by atoms with van der Waals surface area (Å²) in [6, 6.07) is 12.3. The lowest BCUT2D eigenvalue weighted by molar-refractivity contribution is -0.118. The quantitative estimate of drug-likeness (QED) is 0.589. The first-order chi connectivity index (χ1) is 14.1. The molecule has 0 fully saturated rings. The van der Waals surface area contributed by atoms with Gasteiger partial charge in [-0.1, -0.05) is 6.92 Å². The molecule has 1 aromatic heterocycles. The van der Waals surface area contributed by atoms with Crippen LogP contribution in [0.4, 0.5) is 5.13 Å². The van der Waals surface area contributed by atoms with Gasteiger partial charge < -0.3 is 14.2 Å². The van der Waals surface area contributed by atoms with Gasteiger partial charge in [0.25, 0.3) is 5.91 Å². The van der Waals surface area contributed by atoms with E-state index < -0.39 is 0 Å². The van der Waals surface area contributed by atoms with Crippen molar-refractivity contribution in [1.82, 2.24) is 4.98 Å². The molecule has 0 unspecified atom stereocenters. The number of ketones is 1. The number of anilines is 1. The van der Waals surface area contributed by atoms with Crippen molar-refractivity contribution in [1.29, 1.82) is 0 Å². The molecule has 2 aromatic carbocycles. The van der Waals surface area contributed by atoms with Crippen LogP contribution in [0.1, 0.15) is 23.7 Å². The van der Waals surface area contributed by atoms with E-state index in [2.05, 4.69) is 10.3 Å². The molecule has 29 heavy (non-hydrogen) atoms. The highest BCUT2D eigenvalue weighted by atomic mass is 32.1. The molecule has 1 N–H and O–H groups in total. The summed E-state index contributed by atoms with van der Waals surface area (Å²) in [5.41, 5.74) is 2.24. The molecule has 0 saturated heterocycles. The fourth-order valence-electron chi connectivity index (χ4n) is 2.77. The normalized spacial score (nSPS) is 11.9. The first-order valence-electron chi connectivity index (χ1n) is 9.04. The third kappa shape index (κ3) is 4.38. The zero-order valence-electron chi connectivity index (χ0n) is 15.6. The van der Waals surface area contributed by atoms with E-state index in [1.165, 1.54) is 11.3 Å². The van der Waals surface area contributed by atoms with Crippen LogP contribution in [0.5, 0.6) is 17.2 Å². The minimum Gasteiger partial charge on any atom is -0.484 e. The standard InChI is InChI=1S/C21H18N2O5S/c1-2-17(24)13-3-6-15(7-4-13)26-10-20(25)23-21-22-16(11-29-21)14-5-8-18-19(9-14)28-12-27-18/h3-9,11H,2,10,12H2,1H3,(H,22,23,25). The number of aromatic nitrogens is 1. The number of carbonyl (C=O) groups excluding carboxylic acids is 2. The molecule has 1 amide bonds. The Balaban J connectivity index is 1.33. The maximum absolute atomic E-state index is 12.1. The van der Waals surface area contributed by atoms with Crippen LogP contribution >= 0.6 is 11.3 Å². The van der Waals surface area contributed by atoms with E-state index in [-0.39, 0.29) is 25.1 Å². The van der Waals surface area contributed by atoms with Gasteiger partial charge in [0.05, 0.1) is 5.69 Å². The van der Waals surface area contributed by atoms with Crippen molar-refractivity contribution < 1.29 is 23.8 Å². The van der Waals surface area contributed by atoms with Gasteiger partial charge in [0.15, 0.2) is 29.0 Å². The van der Waals surface area contributed by atoms with Gasteiger partial charge in [0.2, 0.25) is 6.79 Å². The molecule has 148 valence electrons. The summed E-state index contributed by atoms with van der Waals surface area (Å²) in [4.78, 5) is 28.2. The van der Waals surface area contributed by atoms with E-state index in [4.69, 9.17) is 14.2 Å². The number of fused-ring (bicyclic) bond motifs is 1. The molecule has 0 spiro atoms. The Morgan fingerprint density at radius 2 is 1.93 bits per heavy atom. The number of nitrogens with zero attached hydrogens (tertiary/aromatic N) is 1. The van der Waals surface area contributed by atoms with Crippen LogP contribution in [0.2, 0.25) is 0 Å². The van der Waals surface area contributed by atoms with Gasteiger partial charge in [-0.2, -0.15) is 0 Å². The van der Waals surface area contributed by atoms with Crippen molar-refractivity contribution in [2.24, 2.45) is 0 Å². The van der Waals surface area contributed by atoms with Crippen molar-refractivity contribution in [3.05, 3.63) is 53.4 Å². The molecule has 1 aliphatic rings. The number of Topliss-reactive ketones (excluding diaryl/α,β-unsaturated/α-hetero) is 1. The molecule has 8 heteroatoms. The molecule has 3 aromatic rings.